The molecule has 9 heteroatoms. The highest BCUT2D eigenvalue weighted by molar-refractivity contribution is 7.80. The minimum atomic E-state index is 0.371. The zero-order chi connectivity index (χ0) is 19.4. The van der Waals surface area contributed by atoms with Gasteiger partial charge in [-0.25, -0.2) is 0 Å². The van der Waals surface area contributed by atoms with Crippen LogP contribution in [0.4, 0.5) is 11.5 Å². The van der Waals surface area contributed by atoms with Crippen molar-refractivity contribution in [3.63, 3.8) is 0 Å². The lowest BCUT2D eigenvalue weighted by molar-refractivity contribution is 0.417. The van der Waals surface area contributed by atoms with Crippen LogP contribution in [0.1, 0.15) is 5.56 Å². The molecule has 2 aromatic carbocycles. The second-order valence-corrected chi connectivity index (χ2v) is 7.23. The Morgan fingerprint density at radius 3 is 2.63 bits per heavy atom. The molecule has 0 saturated heterocycles. The van der Waals surface area contributed by atoms with Gasteiger partial charge in [-0.1, -0.05) is 40.9 Å². The van der Waals surface area contributed by atoms with E-state index in [-0.39, 0.29) is 0 Å². The number of nitrogens with zero attached hydrogens (tertiary/aromatic N) is 2. The molecule has 3 rings (SSSR count). The van der Waals surface area contributed by atoms with E-state index in [2.05, 4.69) is 15.7 Å². The van der Waals surface area contributed by atoms with Crippen LogP contribution >= 0.6 is 47.0 Å². The van der Waals surface area contributed by atoms with Crippen molar-refractivity contribution in [3.8, 4) is 5.75 Å². The summed E-state index contributed by atoms with van der Waals surface area (Å²) in [5.74, 6) is 1.24. The number of aromatic nitrogens is 2. The van der Waals surface area contributed by atoms with Gasteiger partial charge in [-0.05, 0) is 48.1 Å². The quantitative estimate of drug-likeness (QED) is 0.497. The maximum Gasteiger partial charge on any atom is 0.176 e. The summed E-state index contributed by atoms with van der Waals surface area (Å²) in [7, 11) is 1.58. The Morgan fingerprint density at radius 2 is 1.89 bits per heavy atom. The summed E-state index contributed by atoms with van der Waals surface area (Å²) in [5.41, 5.74) is 1.65. The van der Waals surface area contributed by atoms with E-state index in [9.17, 15) is 0 Å². The maximum absolute atomic E-state index is 6.05. The average Bonchev–Trinajstić information content (AvgIpc) is 3.05. The van der Waals surface area contributed by atoms with E-state index in [0.717, 1.165) is 5.56 Å². The Labute approximate surface area is 177 Å². The highest BCUT2D eigenvalue weighted by atomic mass is 35.5. The molecule has 0 aliphatic heterocycles. The monoisotopic (exact) mass is 440 g/mol. The van der Waals surface area contributed by atoms with Crippen molar-refractivity contribution in [3.05, 3.63) is 69.3 Å². The van der Waals surface area contributed by atoms with Gasteiger partial charge in [0.1, 0.15) is 5.75 Å². The van der Waals surface area contributed by atoms with Crippen molar-refractivity contribution < 1.29 is 4.74 Å². The highest BCUT2D eigenvalue weighted by Gasteiger charge is 2.08. The molecule has 3 aromatic rings. The fraction of sp³-hybridized carbons (Fsp3) is 0.111. The molecule has 5 nitrogen and oxygen atoms in total. The molecular formula is C18H15Cl3N4OS. The topological polar surface area (TPSA) is 51.1 Å². The predicted octanol–water partition coefficient (Wildman–Crippen LogP) is 5.71. The van der Waals surface area contributed by atoms with Crippen molar-refractivity contribution >= 4 is 63.6 Å². The van der Waals surface area contributed by atoms with Crippen LogP contribution in [-0.4, -0.2) is 22.0 Å². The minimum Gasteiger partial charge on any atom is -0.495 e. The standard InChI is InChI=1S/C18H15Cl3N4OS/c1-26-16-5-3-12(19)9-15(16)22-18(27)23-17-6-7-25(24-17)10-11-2-4-13(20)14(21)8-11/h2-9H,10H2,1H3,(H2,22,23,24,27). The number of anilines is 2. The van der Waals surface area contributed by atoms with Crippen LogP contribution in [-0.2, 0) is 6.54 Å². The molecule has 0 fully saturated rings. The summed E-state index contributed by atoms with van der Waals surface area (Å²) in [4.78, 5) is 0. The number of hydrogen-bond acceptors (Lipinski definition) is 3. The number of ether oxygens (including phenoxy) is 1. The molecule has 0 amide bonds. The summed E-state index contributed by atoms with van der Waals surface area (Å²) in [5, 5.41) is 12.5. The van der Waals surface area contributed by atoms with Gasteiger partial charge in [0.05, 0.1) is 29.4 Å². The van der Waals surface area contributed by atoms with Gasteiger partial charge in [0, 0.05) is 17.3 Å². The molecule has 1 heterocycles. The number of halogens is 3. The Bertz CT molecular complexity index is 977. The molecule has 0 aliphatic carbocycles. The van der Waals surface area contributed by atoms with Crippen molar-refractivity contribution in [1.82, 2.24) is 9.78 Å². The van der Waals surface area contributed by atoms with E-state index in [1.54, 1.807) is 36.1 Å². The molecule has 1 aromatic heterocycles. The minimum absolute atomic E-state index is 0.371. The molecule has 0 saturated carbocycles. The molecule has 0 bridgehead atoms. The van der Waals surface area contributed by atoms with Gasteiger partial charge in [-0.2, -0.15) is 5.10 Å². The largest absolute Gasteiger partial charge is 0.495 e. The molecule has 0 radical (unpaired) electrons. The van der Waals surface area contributed by atoms with E-state index in [1.807, 2.05) is 24.4 Å². The van der Waals surface area contributed by atoms with Gasteiger partial charge in [0.2, 0.25) is 0 Å². The van der Waals surface area contributed by atoms with Crippen LogP contribution in [0, 0.1) is 0 Å². The van der Waals surface area contributed by atoms with Crippen LogP contribution < -0.4 is 15.4 Å². The van der Waals surface area contributed by atoms with E-state index >= 15 is 0 Å². The van der Waals surface area contributed by atoms with E-state index < -0.39 is 0 Å². The van der Waals surface area contributed by atoms with Crippen LogP contribution in [0.15, 0.2) is 48.7 Å². The SMILES string of the molecule is COc1ccc(Cl)cc1NC(=S)Nc1ccn(Cc2ccc(Cl)c(Cl)c2)n1. The lowest BCUT2D eigenvalue weighted by atomic mass is 10.2. The third-order valence-electron chi connectivity index (χ3n) is 3.62. The van der Waals surface area contributed by atoms with Gasteiger partial charge >= 0.3 is 0 Å². The number of rotatable bonds is 5. The highest BCUT2D eigenvalue weighted by Crippen LogP contribution is 2.28. The Morgan fingerprint density at radius 1 is 1.07 bits per heavy atom. The van der Waals surface area contributed by atoms with Crippen molar-refractivity contribution in [1.29, 1.82) is 0 Å². The molecule has 0 atom stereocenters. The molecule has 140 valence electrons. The second-order valence-electron chi connectivity index (χ2n) is 5.57. The molecule has 0 aliphatic rings. The van der Waals surface area contributed by atoms with E-state index in [1.165, 1.54) is 0 Å². The zero-order valence-electron chi connectivity index (χ0n) is 14.2. The Balaban J connectivity index is 1.64. The van der Waals surface area contributed by atoms with E-state index in [4.69, 9.17) is 51.8 Å². The first-order chi connectivity index (χ1) is 12.9. The first kappa shape index (κ1) is 19.8. The molecule has 2 N–H and O–H groups in total. The number of benzene rings is 2. The summed E-state index contributed by atoms with van der Waals surface area (Å²) < 4.78 is 7.06. The van der Waals surface area contributed by atoms with Crippen LogP contribution in [0.3, 0.4) is 0 Å². The lowest BCUT2D eigenvalue weighted by Gasteiger charge is -2.12. The molecule has 27 heavy (non-hydrogen) atoms. The van der Waals surface area contributed by atoms with Gasteiger partial charge in [-0.3, -0.25) is 4.68 Å². The van der Waals surface area contributed by atoms with Crippen molar-refractivity contribution in [2.45, 2.75) is 6.54 Å². The van der Waals surface area contributed by atoms with Crippen molar-refractivity contribution in [2.24, 2.45) is 0 Å². The smallest absolute Gasteiger partial charge is 0.176 e. The van der Waals surface area contributed by atoms with Gasteiger partial charge < -0.3 is 15.4 Å². The van der Waals surface area contributed by atoms with Gasteiger partial charge in [0.25, 0.3) is 0 Å². The Hall–Kier alpha value is -1.99. The maximum atomic E-state index is 6.05. The summed E-state index contributed by atoms with van der Waals surface area (Å²) in [6, 6.07) is 12.5. The van der Waals surface area contributed by atoms with E-state index in [0.29, 0.717) is 44.0 Å². The summed E-state index contributed by atoms with van der Waals surface area (Å²) in [6.07, 6.45) is 1.84. The fourth-order valence-electron chi connectivity index (χ4n) is 2.39. The average molecular weight is 442 g/mol. The second kappa shape index (κ2) is 8.80. The molecule has 0 unspecified atom stereocenters. The lowest BCUT2D eigenvalue weighted by Crippen LogP contribution is -2.20. The first-order valence-corrected chi connectivity index (χ1v) is 9.38. The van der Waals surface area contributed by atoms with Crippen molar-refractivity contribution in [2.75, 3.05) is 17.7 Å². The first-order valence-electron chi connectivity index (χ1n) is 7.83. The zero-order valence-corrected chi connectivity index (χ0v) is 17.3. The Kier molecular flexibility index (Phi) is 6.44. The molecular weight excluding hydrogens is 427 g/mol. The predicted molar refractivity (Wildman–Crippen MR) is 116 cm³/mol. The van der Waals surface area contributed by atoms with Crippen LogP contribution in [0.2, 0.25) is 15.1 Å². The third-order valence-corrected chi connectivity index (χ3v) is 4.80. The summed E-state index contributed by atoms with van der Waals surface area (Å²) in [6.45, 7) is 0.556. The number of hydrogen-bond donors (Lipinski definition) is 2. The fourth-order valence-corrected chi connectivity index (χ4v) is 3.10. The van der Waals surface area contributed by atoms with Crippen LogP contribution in [0.5, 0.6) is 5.75 Å². The normalized spacial score (nSPS) is 10.5. The number of nitrogens with one attached hydrogen (secondary N) is 2. The molecule has 0 spiro atoms. The number of thiocarbonyl (C=S) groups is 1. The summed E-state index contributed by atoms with van der Waals surface area (Å²) >= 11 is 23.4. The van der Waals surface area contributed by atoms with Gasteiger partial charge in [0.15, 0.2) is 10.9 Å². The number of methoxy groups -OCH3 is 1. The third kappa shape index (κ3) is 5.26. The van der Waals surface area contributed by atoms with Gasteiger partial charge in [-0.15, -0.1) is 0 Å². The van der Waals surface area contributed by atoms with Crippen LogP contribution in [0.25, 0.3) is 0 Å².